The number of nitrogens with zero attached hydrogens (tertiary/aromatic N) is 1. The van der Waals surface area contributed by atoms with Crippen molar-refractivity contribution in [2.24, 2.45) is 5.18 Å². The van der Waals surface area contributed by atoms with E-state index in [1.54, 1.807) is 0 Å². The first-order chi connectivity index (χ1) is 10.9. The number of halogens is 3. The van der Waals surface area contributed by atoms with Gasteiger partial charge in [0.2, 0.25) is 0 Å². The monoisotopic (exact) mass is 339 g/mol. The molecule has 7 heteroatoms. The molecule has 2 aromatic rings. The van der Waals surface area contributed by atoms with Crippen LogP contribution in [0.5, 0.6) is 0 Å². The van der Waals surface area contributed by atoms with Crippen LogP contribution in [0.4, 0.5) is 8.78 Å². The zero-order chi connectivity index (χ0) is 17.0. The topological polar surface area (TPSA) is 66.7 Å². The number of hydrogen-bond acceptors (Lipinski definition) is 3. The van der Waals surface area contributed by atoms with Crippen LogP contribution in [0.2, 0.25) is 5.02 Å². The number of carboxylic acid groups (broad SMARTS) is 1. The molecule has 0 aromatic heterocycles. The van der Waals surface area contributed by atoms with Gasteiger partial charge < -0.3 is 5.11 Å². The van der Waals surface area contributed by atoms with Gasteiger partial charge in [0.1, 0.15) is 17.7 Å². The standard InChI is InChI=1S/C16H12ClF2NO3/c17-11-3-1-9(2-4-11)16-12(18)7-10(8-13(16)19)14(20-23)5-6-15(21)22/h1-4,7-8,14H,5-6H2,(H,21,22). The van der Waals surface area contributed by atoms with Gasteiger partial charge in [0.15, 0.2) is 0 Å². The summed E-state index contributed by atoms with van der Waals surface area (Å²) in [6.45, 7) is 0. The van der Waals surface area contributed by atoms with Crippen LogP contribution < -0.4 is 0 Å². The Balaban J connectivity index is 2.37. The molecule has 0 heterocycles. The number of hydrogen-bond donors (Lipinski definition) is 1. The lowest BCUT2D eigenvalue weighted by Crippen LogP contribution is -2.03. The summed E-state index contributed by atoms with van der Waals surface area (Å²) in [6.07, 6.45) is -0.448. The third-order valence-corrected chi connectivity index (χ3v) is 3.59. The summed E-state index contributed by atoms with van der Waals surface area (Å²) in [5.41, 5.74) is 0.0689. The zero-order valence-corrected chi connectivity index (χ0v) is 12.6. The van der Waals surface area contributed by atoms with Crippen molar-refractivity contribution >= 4 is 17.6 Å². The molecule has 1 N–H and O–H groups in total. The van der Waals surface area contributed by atoms with E-state index >= 15 is 0 Å². The average molecular weight is 340 g/mol. The highest BCUT2D eigenvalue weighted by Gasteiger charge is 2.19. The molecule has 0 saturated heterocycles. The van der Waals surface area contributed by atoms with Gasteiger partial charge in [0.05, 0.1) is 5.56 Å². The number of nitroso groups, excluding NO2 is 1. The first kappa shape index (κ1) is 17.0. The summed E-state index contributed by atoms with van der Waals surface area (Å²) >= 11 is 5.74. The maximum Gasteiger partial charge on any atom is 0.303 e. The molecule has 1 atom stereocenters. The number of carbonyl (C=O) groups is 1. The van der Waals surface area contributed by atoms with Gasteiger partial charge in [0.25, 0.3) is 0 Å². The highest BCUT2D eigenvalue weighted by atomic mass is 35.5. The fourth-order valence-corrected chi connectivity index (χ4v) is 2.34. The van der Waals surface area contributed by atoms with Gasteiger partial charge in [-0.2, -0.15) is 4.91 Å². The van der Waals surface area contributed by atoms with Crippen LogP contribution in [0.1, 0.15) is 24.4 Å². The Hall–Kier alpha value is -2.34. The minimum Gasteiger partial charge on any atom is -0.481 e. The molecule has 0 radical (unpaired) electrons. The predicted molar refractivity (Wildman–Crippen MR) is 82.2 cm³/mol. The Labute approximate surface area is 135 Å². The van der Waals surface area contributed by atoms with Gasteiger partial charge in [-0.3, -0.25) is 4.79 Å². The maximum atomic E-state index is 14.3. The van der Waals surface area contributed by atoms with E-state index in [0.717, 1.165) is 12.1 Å². The Kier molecular flexibility index (Phi) is 5.39. The summed E-state index contributed by atoms with van der Waals surface area (Å²) in [5, 5.41) is 11.8. The van der Waals surface area contributed by atoms with Crippen molar-refractivity contribution in [3.8, 4) is 11.1 Å². The van der Waals surface area contributed by atoms with Crippen molar-refractivity contribution in [1.82, 2.24) is 0 Å². The fourth-order valence-electron chi connectivity index (χ4n) is 2.22. The van der Waals surface area contributed by atoms with Crippen LogP contribution in [0.3, 0.4) is 0 Å². The third kappa shape index (κ3) is 4.10. The van der Waals surface area contributed by atoms with E-state index in [1.165, 1.54) is 24.3 Å². The molecular formula is C16H12ClF2NO3. The van der Waals surface area contributed by atoms with Gasteiger partial charge in [-0.25, -0.2) is 8.78 Å². The van der Waals surface area contributed by atoms with Crippen molar-refractivity contribution in [2.75, 3.05) is 0 Å². The lowest BCUT2D eigenvalue weighted by atomic mass is 9.97. The van der Waals surface area contributed by atoms with E-state index in [0.29, 0.717) is 10.6 Å². The summed E-state index contributed by atoms with van der Waals surface area (Å²) in [4.78, 5) is 21.4. The second kappa shape index (κ2) is 7.28. The average Bonchev–Trinajstić information content (AvgIpc) is 2.49. The number of benzene rings is 2. The molecule has 2 aromatic carbocycles. The van der Waals surface area contributed by atoms with Crippen LogP contribution >= 0.6 is 11.6 Å². The molecule has 0 saturated carbocycles. The van der Waals surface area contributed by atoms with Gasteiger partial charge in [-0.15, -0.1) is 0 Å². The SMILES string of the molecule is O=NC(CCC(=O)O)c1cc(F)c(-c2ccc(Cl)cc2)c(F)c1. The van der Waals surface area contributed by atoms with Crippen LogP contribution in [0.25, 0.3) is 11.1 Å². The van der Waals surface area contributed by atoms with Crippen molar-refractivity contribution in [3.63, 3.8) is 0 Å². The second-order valence-electron chi connectivity index (χ2n) is 4.92. The summed E-state index contributed by atoms with van der Waals surface area (Å²) < 4.78 is 28.5. The molecule has 0 aliphatic rings. The molecule has 0 bridgehead atoms. The van der Waals surface area contributed by atoms with Crippen molar-refractivity contribution in [3.05, 3.63) is 63.5 Å². The zero-order valence-electron chi connectivity index (χ0n) is 11.8. The molecule has 4 nitrogen and oxygen atoms in total. The van der Waals surface area contributed by atoms with Gasteiger partial charge in [-0.1, -0.05) is 28.9 Å². The van der Waals surface area contributed by atoms with Crippen LogP contribution in [-0.4, -0.2) is 11.1 Å². The van der Waals surface area contributed by atoms with Crippen LogP contribution in [0.15, 0.2) is 41.6 Å². The highest BCUT2D eigenvalue weighted by Crippen LogP contribution is 2.32. The molecule has 0 aliphatic carbocycles. The molecule has 0 amide bonds. The van der Waals surface area contributed by atoms with E-state index in [4.69, 9.17) is 16.7 Å². The summed E-state index contributed by atoms with van der Waals surface area (Å²) in [5.74, 6) is -2.82. The minimum atomic E-state index is -1.12. The number of rotatable bonds is 6. The van der Waals surface area contributed by atoms with Crippen molar-refractivity contribution < 1.29 is 18.7 Å². The quantitative estimate of drug-likeness (QED) is 0.756. The van der Waals surface area contributed by atoms with E-state index < -0.39 is 23.6 Å². The largest absolute Gasteiger partial charge is 0.481 e. The van der Waals surface area contributed by atoms with Gasteiger partial charge in [-0.05, 0) is 41.8 Å². The van der Waals surface area contributed by atoms with Crippen molar-refractivity contribution in [1.29, 1.82) is 0 Å². The molecule has 2 rings (SSSR count). The van der Waals surface area contributed by atoms with Crippen LogP contribution in [-0.2, 0) is 4.79 Å². The molecule has 1 unspecified atom stereocenters. The Morgan fingerprint density at radius 3 is 2.22 bits per heavy atom. The first-order valence-electron chi connectivity index (χ1n) is 6.71. The van der Waals surface area contributed by atoms with Gasteiger partial charge in [0, 0.05) is 11.4 Å². The lowest BCUT2D eigenvalue weighted by Gasteiger charge is -2.12. The molecule has 0 spiro atoms. The number of aliphatic carboxylic acids is 1. The molecule has 23 heavy (non-hydrogen) atoms. The number of carboxylic acids is 1. The normalized spacial score (nSPS) is 12.0. The highest BCUT2D eigenvalue weighted by molar-refractivity contribution is 6.30. The molecule has 0 aliphatic heterocycles. The van der Waals surface area contributed by atoms with E-state index in [9.17, 15) is 18.5 Å². The van der Waals surface area contributed by atoms with Crippen LogP contribution in [0, 0.1) is 16.5 Å². The lowest BCUT2D eigenvalue weighted by molar-refractivity contribution is -0.137. The summed E-state index contributed by atoms with van der Waals surface area (Å²) in [6, 6.07) is 6.85. The minimum absolute atomic E-state index is 0.00830. The van der Waals surface area contributed by atoms with Crippen molar-refractivity contribution in [2.45, 2.75) is 18.9 Å². The Morgan fingerprint density at radius 1 is 1.17 bits per heavy atom. The second-order valence-corrected chi connectivity index (χ2v) is 5.36. The van der Waals surface area contributed by atoms with E-state index in [-0.39, 0.29) is 24.0 Å². The Bertz CT molecular complexity index is 712. The fraction of sp³-hybridized carbons (Fsp3) is 0.188. The molecule has 120 valence electrons. The summed E-state index contributed by atoms with van der Waals surface area (Å²) in [7, 11) is 0. The third-order valence-electron chi connectivity index (χ3n) is 3.34. The van der Waals surface area contributed by atoms with Gasteiger partial charge >= 0.3 is 5.97 Å². The Morgan fingerprint density at radius 2 is 1.74 bits per heavy atom. The molecular weight excluding hydrogens is 328 g/mol. The smallest absolute Gasteiger partial charge is 0.303 e. The van der Waals surface area contributed by atoms with E-state index in [1.807, 2.05) is 0 Å². The predicted octanol–water partition coefficient (Wildman–Crippen LogP) is 4.96. The maximum absolute atomic E-state index is 14.3. The molecule has 0 fully saturated rings. The first-order valence-corrected chi connectivity index (χ1v) is 7.09. The van der Waals surface area contributed by atoms with E-state index in [2.05, 4.69) is 5.18 Å².